The Morgan fingerprint density at radius 3 is 2.71 bits per heavy atom. The molecule has 1 aromatic rings. The van der Waals surface area contributed by atoms with E-state index >= 15 is 0 Å². The molecule has 0 aliphatic heterocycles. The number of aryl methyl sites for hydroxylation is 1. The second-order valence-electron chi connectivity index (χ2n) is 4.75. The molecule has 0 aromatic heterocycles. The molecule has 2 nitrogen and oxygen atoms in total. The van der Waals surface area contributed by atoms with Gasteiger partial charge in [-0.15, -0.1) is 0 Å². The van der Waals surface area contributed by atoms with Gasteiger partial charge in [-0.1, -0.05) is 11.6 Å². The molecule has 1 aromatic carbocycles. The molecule has 2 rings (SSSR count). The summed E-state index contributed by atoms with van der Waals surface area (Å²) in [5, 5.41) is 0.701. The van der Waals surface area contributed by atoms with Crippen LogP contribution < -0.4 is 10.5 Å². The summed E-state index contributed by atoms with van der Waals surface area (Å²) in [6.07, 6.45) is 2.60. The van der Waals surface area contributed by atoms with Crippen LogP contribution in [-0.2, 0) is 0 Å². The van der Waals surface area contributed by atoms with Crippen LogP contribution in [-0.4, -0.2) is 13.2 Å². The highest BCUT2D eigenvalue weighted by Crippen LogP contribution is 2.44. The topological polar surface area (TPSA) is 35.2 Å². The zero-order chi connectivity index (χ0) is 12.4. The van der Waals surface area contributed by atoms with Gasteiger partial charge in [0.05, 0.1) is 11.6 Å². The van der Waals surface area contributed by atoms with Crippen molar-refractivity contribution in [3.63, 3.8) is 0 Å². The molecule has 1 saturated carbocycles. The largest absolute Gasteiger partial charge is 0.492 e. The molecule has 0 amide bonds. The Hall–Kier alpha value is -0.730. The van der Waals surface area contributed by atoms with Gasteiger partial charge in [0, 0.05) is 0 Å². The van der Waals surface area contributed by atoms with Crippen molar-refractivity contribution in [1.82, 2.24) is 0 Å². The Morgan fingerprint density at radius 1 is 1.47 bits per heavy atom. The highest BCUT2D eigenvalue weighted by Gasteiger charge is 2.32. The zero-order valence-corrected chi connectivity index (χ0v) is 11.3. The third-order valence-electron chi connectivity index (χ3n) is 3.46. The first-order valence-electron chi connectivity index (χ1n) is 6.30. The molecule has 94 valence electrons. The van der Waals surface area contributed by atoms with Crippen LogP contribution in [0.1, 0.15) is 36.8 Å². The Labute approximate surface area is 108 Å². The summed E-state index contributed by atoms with van der Waals surface area (Å²) in [6.45, 7) is 5.42. The van der Waals surface area contributed by atoms with Crippen molar-refractivity contribution in [2.24, 2.45) is 11.7 Å². The monoisotopic (exact) mass is 253 g/mol. The van der Waals surface area contributed by atoms with Gasteiger partial charge in [-0.3, -0.25) is 0 Å². The Morgan fingerprint density at radius 2 is 2.18 bits per heavy atom. The minimum Gasteiger partial charge on any atom is -0.492 e. The maximum absolute atomic E-state index is 6.24. The van der Waals surface area contributed by atoms with Gasteiger partial charge in [-0.2, -0.15) is 0 Å². The first-order chi connectivity index (χ1) is 8.17. The summed E-state index contributed by atoms with van der Waals surface area (Å²) in [7, 11) is 0. The van der Waals surface area contributed by atoms with E-state index in [4.69, 9.17) is 22.1 Å². The molecule has 1 atom stereocenters. The molecule has 0 saturated heterocycles. The Kier molecular flexibility index (Phi) is 3.95. The van der Waals surface area contributed by atoms with Gasteiger partial charge in [0.2, 0.25) is 0 Å². The average Bonchev–Trinajstić information content (AvgIpc) is 3.10. The van der Waals surface area contributed by atoms with Crippen molar-refractivity contribution >= 4 is 11.6 Å². The quantitative estimate of drug-likeness (QED) is 0.872. The van der Waals surface area contributed by atoms with Gasteiger partial charge in [-0.05, 0) is 68.3 Å². The normalized spacial score (nSPS) is 16.9. The minimum absolute atomic E-state index is 0.461. The predicted molar refractivity (Wildman–Crippen MR) is 71.9 cm³/mol. The smallest absolute Gasteiger partial charge is 0.138 e. The van der Waals surface area contributed by atoms with E-state index < -0.39 is 0 Å². The molecule has 1 aliphatic carbocycles. The van der Waals surface area contributed by atoms with Crippen LogP contribution in [0.25, 0.3) is 0 Å². The third-order valence-corrected chi connectivity index (χ3v) is 3.76. The Bertz CT molecular complexity index is 401. The summed E-state index contributed by atoms with van der Waals surface area (Å²) in [5.41, 5.74) is 8.42. The van der Waals surface area contributed by atoms with Gasteiger partial charge in [-0.25, -0.2) is 0 Å². The number of rotatable bonds is 5. The van der Waals surface area contributed by atoms with Crippen molar-refractivity contribution in [2.45, 2.75) is 32.6 Å². The summed E-state index contributed by atoms with van der Waals surface area (Å²) in [5.74, 6) is 2.00. The van der Waals surface area contributed by atoms with Crippen molar-refractivity contribution in [3.05, 3.63) is 28.3 Å². The van der Waals surface area contributed by atoms with Crippen LogP contribution in [0.2, 0.25) is 5.02 Å². The predicted octanol–water partition coefficient (Wildman–Crippen LogP) is 3.50. The Balaban J connectivity index is 2.30. The highest BCUT2D eigenvalue weighted by molar-refractivity contribution is 6.32. The zero-order valence-electron chi connectivity index (χ0n) is 10.5. The number of ether oxygens (including phenoxy) is 1. The lowest BCUT2D eigenvalue weighted by Gasteiger charge is -2.19. The summed E-state index contributed by atoms with van der Waals surface area (Å²) in [4.78, 5) is 0. The van der Waals surface area contributed by atoms with Gasteiger partial charge >= 0.3 is 0 Å². The molecular weight excluding hydrogens is 234 g/mol. The molecule has 0 radical (unpaired) electrons. The maximum atomic E-state index is 6.24. The standard InChI is InChI=1S/C14H20ClNO/c1-3-17-14-6-9(2)11(7-13(14)15)12(8-16)10-4-5-10/h6-7,10,12H,3-5,8,16H2,1-2H3. The maximum Gasteiger partial charge on any atom is 0.138 e. The lowest BCUT2D eigenvalue weighted by Crippen LogP contribution is -2.15. The van der Waals surface area contributed by atoms with E-state index in [1.807, 2.05) is 19.1 Å². The summed E-state index contributed by atoms with van der Waals surface area (Å²) >= 11 is 6.24. The number of hydrogen-bond acceptors (Lipinski definition) is 2. The van der Waals surface area contributed by atoms with Gasteiger partial charge in [0.25, 0.3) is 0 Å². The molecule has 0 heterocycles. The molecular formula is C14H20ClNO. The fourth-order valence-electron chi connectivity index (χ4n) is 2.41. The number of nitrogens with two attached hydrogens (primary N) is 1. The van der Waals surface area contributed by atoms with E-state index in [0.29, 0.717) is 24.1 Å². The number of halogens is 1. The third kappa shape index (κ3) is 2.75. The minimum atomic E-state index is 0.461. The first-order valence-corrected chi connectivity index (χ1v) is 6.68. The van der Waals surface area contributed by atoms with E-state index in [1.54, 1.807) is 0 Å². The van der Waals surface area contributed by atoms with Gasteiger partial charge in [0.1, 0.15) is 5.75 Å². The second-order valence-corrected chi connectivity index (χ2v) is 5.16. The van der Waals surface area contributed by atoms with Crippen molar-refractivity contribution in [2.75, 3.05) is 13.2 Å². The summed E-state index contributed by atoms with van der Waals surface area (Å²) < 4.78 is 5.50. The van der Waals surface area contributed by atoms with Crippen molar-refractivity contribution in [3.8, 4) is 5.75 Å². The summed E-state index contributed by atoms with van der Waals surface area (Å²) in [6, 6.07) is 4.07. The van der Waals surface area contributed by atoms with E-state index in [-0.39, 0.29) is 0 Å². The van der Waals surface area contributed by atoms with E-state index in [1.165, 1.54) is 24.0 Å². The molecule has 0 spiro atoms. The van der Waals surface area contributed by atoms with Gasteiger partial charge in [0.15, 0.2) is 0 Å². The average molecular weight is 254 g/mol. The van der Waals surface area contributed by atoms with Crippen molar-refractivity contribution < 1.29 is 4.74 Å². The molecule has 17 heavy (non-hydrogen) atoms. The lowest BCUT2D eigenvalue weighted by atomic mass is 9.90. The highest BCUT2D eigenvalue weighted by atomic mass is 35.5. The molecule has 1 aliphatic rings. The van der Waals surface area contributed by atoms with Crippen LogP contribution in [0.4, 0.5) is 0 Å². The fourth-order valence-corrected chi connectivity index (χ4v) is 2.63. The van der Waals surface area contributed by atoms with Crippen LogP contribution in [0.15, 0.2) is 12.1 Å². The molecule has 2 N–H and O–H groups in total. The fraction of sp³-hybridized carbons (Fsp3) is 0.571. The van der Waals surface area contributed by atoms with Gasteiger partial charge < -0.3 is 10.5 Å². The van der Waals surface area contributed by atoms with Crippen LogP contribution in [0, 0.1) is 12.8 Å². The van der Waals surface area contributed by atoms with Crippen LogP contribution >= 0.6 is 11.6 Å². The number of benzene rings is 1. The van der Waals surface area contributed by atoms with Crippen LogP contribution in [0.3, 0.4) is 0 Å². The molecule has 3 heteroatoms. The first kappa shape index (κ1) is 12.7. The molecule has 0 bridgehead atoms. The molecule has 1 fully saturated rings. The van der Waals surface area contributed by atoms with E-state index in [2.05, 4.69) is 6.92 Å². The number of hydrogen-bond donors (Lipinski definition) is 1. The lowest BCUT2D eigenvalue weighted by molar-refractivity contribution is 0.340. The second kappa shape index (κ2) is 5.28. The van der Waals surface area contributed by atoms with Crippen molar-refractivity contribution in [1.29, 1.82) is 0 Å². The van der Waals surface area contributed by atoms with E-state index in [9.17, 15) is 0 Å². The SMILES string of the molecule is CCOc1cc(C)c(C(CN)C2CC2)cc1Cl. The van der Waals surface area contributed by atoms with E-state index in [0.717, 1.165) is 11.7 Å². The van der Waals surface area contributed by atoms with Crippen LogP contribution in [0.5, 0.6) is 5.75 Å². The molecule has 1 unspecified atom stereocenters.